The summed E-state index contributed by atoms with van der Waals surface area (Å²) in [6.07, 6.45) is 1.78. The number of piperidine rings is 1. The summed E-state index contributed by atoms with van der Waals surface area (Å²) < 4.78 is 0. The van der Waals surface area contributed by atoms with Crippen molar-refractivity contribution in [2.45, 2.75) is 12.8 Å². The minimum Gasteiger partial charge on any atom is -0.351 e. The Morgan fingerprint density at radius 2 is 2.00 bits per heavy atom. The van der Waals surface area contributed by atoms with Crippen LogP contribution < -0.4 is 11.1 Å². The molecule has 2 amide bonds. The van der Waals surface area contributed by atoms with Gasteiger partial charge in [0.1, 0.15) is 0 Å². The maximum atomic E-state index is 12.4. The molecule has 1 fully saturated rings. The van der Waals surface area contributed by atoms with Crippen LogP contribution in [0.4, 0.5) is 10.5 Å². The molecule has 1 heterocycles. The van der Waals surface area contributed by atoms with Crippen LogP contribution in [0.25, 0.3) is 0 Å². The van der Waals surface area contributed by atoms with Gasteiger partial charge < -0.3 is 16.0 Å². The van der Waals surface area contributed by atoms with Gasteiger partial charge in [0.15, 0.2) is 5.78 Å². The lowest BCUT2D eigenvalue weighted by molar-refractivity contribution is 0.0857. The van der Waals surface area contributed by atoms with Gasteiger partial charge in [0.2, 0.25) is 0 Å². The van der Waals surface area contributed by atoms with E-state index in [0.717, 1.165) is 25.9 Å². The molecular weight excluding hydrogens is 242 g/mol. The smallest absolute Gasteiger partial charge is 0.316 e. The summed E-state index contributed by atoms with van der Waals surface area (Å²) in [6.45, 7) is 1.91. The second-order valence-corrected chi connectivity index (χ2v) is 5.01. The molecule has 0 aromatic heterocycles. The van der Waals surface area contributed by atoms with Crippen LogP contribution in [0.15, 0.2) is 24.3 Å². The molecule has 0 unspecified atom stereocenters. The number of urea groups is 1. The summed E-state index contributed by atoms with van der Waals surface area (Å²) in [6, 6.07) is 6.32. The van der Waals surface area contributed by atoms with Crippen LogP contribution >= 0.6 is 0 Å². The highest BCUT2D eigenvalue weighted by atomic mass is 16.2. The first kappa shape index (κ1) is 13.5. The van der Waals surface area contributed by atoms with Crippen molar-refractivity contribution in [3.05, 3.63) is 29.8 Å². The van der Waals surface area contributed by atoms with Crippen LogP contribution in [-0.2, 0) is 0 Å². The van der Waals surface area contributed by atoms with E-state index in [2.05, 4.69) is 17.3 Å². The first-order valence-electron chi connectivity index (χ1n) is 6.45. The Balaban J connectivity index is 2.08. The van der Waals surface area contributed by atoms with Gasteiger partial charge in [0.25, 0.3) is 0 Å². The Kier molecular flexibility index (Phi) is 4.16. The molecule has 1 saturated heterocycles. The van der Waals surface area contributed by atoms with Gasteiger partial charge in [-0.25, -0.2) is 4.79 Å². The van der Waals surface area contributed by atoms with Crippen LogP contribution in [0.1, 0.15) is 23.2 Å². The number of carbonyl (C=O) groups is 2. The molecule has 5 heteroatoms. The molecule has 3 N–H and O–H groups in total. The fraction of sp³-hybridized carbons (Fsp3) is 0.429. The van der Waals surface area contributed by atoms with Crippen molar-refractivity contribution in [1.82, 2.24) is 4.90 Å². The van der Waals surface area contributed by atoms with Crippen LogP contribution in [-0.4, -0.2) is 36.9 Å². The number of nitrogens with two attached hydrogens (primary N) is 1. The lowest BCUT2D eigenvalue weighted by Gasteiger charge is -2.28. The number of nitrogens with zero attached hydrogens (tertiary/aromatic N) is 1. The van der Waals surface area contributed by atoms with Crippen LogP contribution in [0.5, 0.6) is 0 Å². The number of amides is 2. The monoisotopic (exact) mass is 261 g/mol. The second-order valence-electron chi connectivity index (χ2n) is 5.01. The molecule has 0 bridgehead atoms. The number of hydrogen-bond donors (Lipinski definition) is 2. The molecule has 1 aliphatic rings. The Hall–Kier alpha value is -1.88. The molecule has 5 nitrogen and oxygen atoms in total. The number of nitrogens with one attached hydrogen (secondary N) is 1. The van der Waals surface area contributed by atoms with E-state index in [-0.39, 0.29) is 11.7 Å². The van der Waals surface area contributed by atoms with Crippen LogP contribution in [0, 0.1) is 5.92 Å². The first-order chi connectivity index (χ1) is 9.06. The number of anilines is 1. The molecule has 0 atom stereocenters. The summed E-state index contributed by atoms with van der Waals surface area (Å²) in [5.41, 5.74) is 6.27. The van der Waals surface area contributed by atoms with Gasteiger partial charge in [0.05, 0.1) is 0 Å². The van der Waals surface area contributed by atoms with Gasteiger partial charge in [0, 0.05) is 17.2 Å². The number of primary amides is 1. The minimum absolute atomic E-state index is 0.0834. The highest BCUT2D eigenvalue weighted by Gasteiger charge is 2.24. The summed E-state index contributed by atoms with van der Waals surface area (Å²) in [7, 11) is 2.07. The van der Waals surface area contributed by atoms with Crippen molar-refractivity contribution in [1.29, 1.82) is 0 Å². The standard InChI is InChI=1S/C14H19N3O2/c1-17-7-5-10(6-8-17)13(18)11-3-2-4-12(9-11)16-14(15)19/h2-4,9-10H,5-8H2,1H3,(H3,15,16,19). The zero-order chi connectivity index (χ0) is 13.8. The molecule has 19 heavy (non-hydrogen) atoms. The lowest BCUT2D eigenvalue weighted by Crippen LogP contribution is -2.33. The van der Waals surface area contributed by atoms with E-state index in [9.17, 15) is 9.59 Å². The van der Waals surface area contributed by atoms with E-state index in [1.807, 2.05) is 0 Å². The number of likely N-dealkylation sites (tertiary alicyclic amines) is 1. The summed E-state index contributed by atoms with van der Waals surface area (Å²) >= 11 is 0. The molecule has 102 valence electrons. The second kappa shape index (κ2) is 5.84. The maximum absolute atomic E-state index is 12.4. The lowest BCUT2D eigenvalue weighted by atomic mass is 9.89. The highest BCUT2D eigenvalue weighted by Crippen LogP contribution is 2.22. The number of Topliss-reactive ketones (excluding diaryl/α,β-unsaturated/α-hetero) is 1. The molecule has 1 aromatic rings. The minimum atomic E-state index is -0.621. The Morgan fingerprint density at radius 3 is 2.63 bits per heavy atom. The average molecular weight is 261 g/mol. The molecule has 0 spiro atoms. The van der Waals surface area contributed by atoms with Crippen molar-refractivity contribution in [3.8, 4) is 0 Å². The summed E-state index contributed by atoms with van der Waals surface area (Å²) in [5, 5.41) is 2.49. The molecular formula is C14H19N3O2. The summed E-state index contributed by atoms with van der Waals surface area (Å²) in [4.78, 5) is 25.4. The zero-order valence-corrected chi connectivity index (χ0v) is 11.1. The Labute approximate surface area is 112 Å². The van der Waals surface area contributed by atoms with E-state index in [1.54, 1.807) is 24.3 Å². The molecule has 1 aromatic carbocycles. The fourth-order valence-corrected chi connectivity index (χ4v) is 2.40. The Morgan fingerprint density at radius 1 is 1.32 bits per heavy atom. The molecule has 0 aliphatic carbocycles. The number of carbonyl (C=O) groups excluding carboxylic acids is 2. The number of ketones is 1. The fourth-order valence-electron chi connectivity index (χ4n) is 2.40. The van der Waals surface area contributed by atoms with Gasteiger partial charge in [-0.1, -0.05) is 12.1 Å². The van der Waals surface area contributed by atoms with Crippen molar-refractivity contribution >= 4 is 17.5 Å². The quantitative estimate of drug-likeness (QED) is 0.813. The third-order valence-corrected chi connectivity index (χ3v) is 3.50. The Bertz CT molecular complexity index is 479. The van der Waals surface area contributed by atoms with E-state index in [4.69, 9.17) is 5.73 Å². The number of benzene rings is 1. The molecule has 1 aliphatic heterocycles. The van der Waals surface area contributed by atoms with Gasteiger partial charge in [-0.05, 0) is 45.1 Å². The van der Waals surface area contributed by atoms with E-state index < -0.39 is 6.03 Å². The zero-order valence-electron chi connectivity index (χ0n) is 11.1. The predicted molar refractivity (Wildman–Crippen MR) is 74.2 cm³/mol. The predicted octanol–water partition coefficient (Wildman–Crippen LogP) is 1.70. The SMILES string of the molecule is CN1CCC(C(=O)c2cccc(NC(N)=O)c2)CC1. The maximum Gasteiger partial charge on any atom is 0.316 e. The van der Waals surface area contributed by atoms with Crippen molar-refractivity contribution in [2.24, 2.45) is 11.7 Å². The number of rotatable bonds is 3. The average Bonchev–Trinajstić information content (AvgIpc) is 2.38. The molecule has 0 radical (unpaired) electrons. The van der Waals surface area contributed by atoms with Crippen molar-refractivity contribution in [3.63, 3.8) is 0 Å². The topological polar surface area (TPSA) is 75.4 Å². The van der Waals surface area contributed by atoms with Crippen molar-refractivity contribution in [2.75, 3.05) is 25.5 Å². The first-order valence-corrected chi connectivity index (χ1v) is 6.45. The van der Waals surface area contributed by atoms with Gasteiger partial charge in [-0.3, -0.25) is 4.79 Å². The van der Waals surface area contributed by atoms with E-state index >= 15 is 0 Å². The van der Waals surface area contributed by atoms with Gasteiger partial charge in [-0.15, -0.1) is 0 Å². The summed E-state index contributed by atoms with van der Waals surface area (Å²) in [5.74, 6) is 0.237. The number of hydrogen-bond acceptors (Lipinski definition) is 3. The third-order valence-electron chi connectivity index (χ3n) is 3.50. The van der Waals surface area contributed by atoms with E-state index in [0.29, 0.717) is 11.3 Å². The van der Waals surface area contributed by atoms with Gasteiger partial charge >= 0.3 is 6.03 Å². The van der Waals surface area contributed by atoms with Crippen molar-refractivity contribution < 1.29 is 9.59 Å². The van der Waals surface area contributed by atoms with Crippen LogP contribution in [0.3, 0.4) is 0 Å². The normalized spacial score (nSPS) is 17.1. The molecule has 0 saturated carbocycles. The molecule has 2 rings (SSSR count). The largest absolute Gasteiger partial charge is 0.351 e. The third kappa shape index (κ3) is 3.54. The van der Waals surface area contributed by atoms with Gasteiger partial charge in [-0.2, -0.15) is 0 Å². The highest BCUT2D eigenvalue weighted by molar-refractivity contribution is 5.99. The van der Waals surface area contributed by atoms with E-state index in [1.165, 1.54) is 0 Å². The van der Waals surface area contributed by atoms with Crippen LogP contribution in [0.2, 0.25) is 0 Å².